The maximum Gasteiger partial charge on any atom is 0.146 e. The molecule has 0 bridgehead atoms. The molecule has 17 heavy (non-hydrogen) atoms. The van der Waals surface area contributed by atoms with Crippen LogP contribution in [0.15, 0.2) is 36.4 Å². The molecule has 0 saturated carbocycles. The molecule has 0 radical (unpaired) electrons. The van der Waals surface area contributed by atoms with Crippen molar-refractivity contribution in [2.75, 3.05) is 11.1 Å². The highest BCUT2D eigenvalue weighted by molar-refractivity contribution is 6.31. The fourth-order valence-corrected chi connectivity index (χ4v) is 1.68. The number of nitrogen functional groups attached to an aromatic ring is 1. The van der Waals surface area contributed by atoms with Gasteiger partial charge in [0.05, 0.1) is 17.1 Å². The molecular weight excluding hydrogens is 239 g/mol. The lowest BCUT2D eigenvalue weighted by atomic mass is 10.2. The molecule has 2 rings (SSSR count). The zero-order valence-electron chi connectivity index (χ0n) is 9.30. The Labute approximate surface area is 104 Å². The number of benzene rings is 2. The zero-order chi connectivity index (χ0) is 12.4. The quantitative estimate of drug-likeness (QED) is 0.787. The molecule has 2 aromatic carbocycles. The molecular formula is C13H12ClFN2. The van der Waals surface area contributed by atoms with E-state index < -0.39 is 0 Å². The van der Waals surface area contributed by atoms with Crippen molar-refractivity contribution in [3.63, 3.8) is 0 Å². The van der Waals surface area contributed by atoms with E-state index in [9.17, 15) is 4.39 Å². The van der Waals surface area contributed by atoms with E-state index in [0.717, 1.165) is 5.56 Å². The molecule has 0 atom stereocenters. The number of hydrogen-bond donors (Lipinski definition) is 2. The van der Waals surface area contributed by atoms with E-state index in [0.29, 0.717) is 22.1 Å². The number of hydrogen-bond acceptors (Lipinski definition) is 2. The highest BCUT2D eigenvalue weighted by Gasteiger charge is 2.05. The molecule has 0 heterocycles. The predicted molar refractivity (Wildman–Crippen MR) is 70.3 cm³/mol. The van der Waals surface area contributed by atoms with Gasteiger partial charge in [-0.05, 0) is 42.8 Å². The lowest BCUT2D eigenvalue weighted by Gasteiger charge is -2.10. The first-order chi connectivity index (χ1) is 8.06. The Morgan fingerprint density at radius 1 is 1.12 bits per heavy atom. The maximum atomic E-state index is 13.6. The summed E-state index contributed by atoms with van der Waals surface area (Å²) in [6.07, 6.45) is 0. The van der Waals surface area contributed by atoms with E-state index >= 15 is 0 Å². The molecule has 0 saturated heterocycles. The first-order valence-corrected chi connectivity index (χ1v) is 5.52. The average molecular weight is 251 g/mol. The fourth-order valence-electron chi connectivity index (χ4n) is 1.50. The second-order valence-corrected chi connectivity index (χ2v) is 4.28. The normalized spacial score (nSPS) is 10.3. The van der Waals surface area contributed by atoms with Crippen molar-refractivity contribution in [1.29, 1.82) is 0 Å². The standard InChI is InChI=1S/C13H12ClFN2/c1-8-2-5-12(10(15)6-8)17-13-7-9(14)3-4-11(13)16/h2-7,17H,16H2,1H3. The smallest absolute Gasteiger partial charge is 0.146 e. The Hall–Kier alpha value is -1.74. The molecule has 0 amide bonds. The van der Waals surface area contributed by atoms with Gasteiger partial charge in [0.15, 0.2) is 0 Å². The van der Waals surface area contributed by atoms with Gasteiger partial charge in [-0.3, -0.25) is 0 Å². The second-order valence-electron chi connectivity index (χ2n) is 3.84. The Morgan fingerprint density at radius 3 is 2.59 bits per heavy atom. The molecule has 88 valence electrons. The Kier molecular flexibility index (Phi) is 3.20. The van der Waals surface area contributed by atoms with Crippen molar-refractivity contribution in [2.45, 2.75) is 6.92 Å². The van der Waals surface area contributed by atoms with Gasteiger partial charge in [-0.2, -0.15) is 0 Å². The fraction of sp³-hybridized carbons (Fsp3) is 0.0769. The van der Waals surface area contributed by atoms with Crippen molar-refractivity contribution in [1.82, 2.24) is 0 Å². The van der Waals surface area contributed by atoms with Crippen LogP contribution in [0.4, 0.5) is 21.5 Å². The lowest BCUT2D eigenvalue weighted by Crippen LogP contribution is -1.98. The average Bonchev–Trinajstić information content (AvgIpc) is 2.27. The van der Waals surface area contributed by atoms with E-state index in [-0.39, 0.29) is 5.82 Å². The van der Waals surface area contributed by atoms with Crippen molar-refractivity contribution in [3.8, 4) is 0 Å². The molecule has 0 unspecified atom stereocenters. The van der Waals surface area contributed by atoms with Crippen LogP contribution in [0.2, 0.25) is 5.02 Å². The summed E-state index contributed by atoms with van der Waals surface area (Å²) in [7, 11) is 0. The Balaban J connectivity index is 2.34. The summed E-state index contributed by atoms with van der Waals surface area (Å²) < 4.78 is 13.6. The van der Waals surface area contributed by atoms with Crippen LogP contribution in [0.25, 0.3) is 0 Å². The SMILES string of the molecule is Cc1ccc(Nc2cc(Cl)ccc2N)c(F)c1. The van der Waals surface area contributed by atoms with Gasteiger partial charge in [0.25, 0.3) is 0 Å². The van der Waals surface area contributed by atoms with Crippen LogP contribution in [0, 0.1) is 12.7 Å². The molecule has 0 aliphatic carbocycles. The van der Waals surface area contributed by atoms with Crippen LogP contribution < -0.4 is 11.1 Å². The van der Waals surface area contributed by atoms with E-state index in [1.165, 1.54) is 6.07 Å². The topological polar surface area (TPSA) is 38.0 Å². The summed E-state index contributed by atoms with van der Waals surface area (Å²) in [4.78, 5) is 0. The van der Waals surface area contributed by atoms with Gasteiger partial charge in [-0.15, -0.1) is 0 Å². The van der Waals surface area contributed by atoms with Crippen LogP contribution in [0.1, 0.15) is 5.56 Å². The minimum absolute atomic E-state index is 0.315. The van der Waals surface area contributed by atoms with Gasteiger partial charge in [-0.25, -0.2) is 4.39 Å². The molecule has 0 aliphatic heterocycles. The molecule has 0 spiro atoms. The Morgan fingerprint density at radius 2 is 1.88 bits per heavy atom. The highest BCUT2D eigenvalue weighted by atomic mass is 35.5. The van der Waals surface area contributed by atoms with Gasteiger partial charge in [-0.1, -0.05) is 17.7 Å². The monoisotopic (exact) mass is 250 g/mol. The number of anilines is 3. The van der Waals surface area contributed by atoms with Crippen LogP contribution in [-0.2, 0) is 0 Å². The maximum absolute atomic E-state index is 13.6. The summed E-state index contributed by atoms with van der Waals surface area (Å²) in [6, 6.07) is 9.99. The van der Waals surface area contributed by atoms with Gasteiger partial charge in [0.2, 0.25) is 0 Å². The van der Waals surface area contributed by atoms with Crippen LogP contribution in [0.5, 0.6) is 0 Å². The van der Waals surface area contributed by atoms with E-state index in [1.807, 2.05) is 13.0 Å². The van der Waals surface area contributed by atoms with E-state index in [4.69, 9.17) is 17.3 Å². The zero-order valence-corrected chi connectivity index (χ0v) is 10.1. The minimum atomic E-state index is -0.315. The van der Waals surface area contributed by atoms with Crippen LogP contribution >= 0.6 is 11.6 Å². The molecule has 3 N–H and O–H groups in total. The number of rotatable bonds is 2. The van der Waals surface area contributed by atoms with Crippen molar-refractivity contribution in [2.24, 2.45) is 0 Å². The van der Waals surface area contributed by atoms with Crippen molar-refractivity contribution in [3.05, 3.63) is 52.8 Å². The number of nitrogens with one attached hydrogen (secondary N) is 1. The summed E-state index contributed by atoms with van der Waals surface area (Å²) in [5, 5.41) is 3.47. The highest BCUT2D eigenvalue weighted by Crippen LogP contribution is 2.27. The summed E-state index contributed by atoms with van der Waals surface area (Å²) in [5.41, 5.74) is 8.14. The molecule has 0 aromatic heterocycles. The number of halogens is 2. The lowest BCUT2D eigenvalue weighted by molar-refractivity contribution is 0.631. The second kappa shape index (κ2) is 4.63. The first kappa shape index (κ1) is 11.7. The van der Waals surface area contributed by atoms with Crippen LogP contribution in [0.3, 0.4) is 0 Å². The van der Waals surface area contributed by atoms with Gasteiger partial charge in [0, 0.05) is 5.02 Å². The van der Waals surface area contributed by atoms with Gasteiger partial charge < -0.3 is 11.1 Å². The van der Waals surface area contributed by atoms with Gasteiger partial charge in [0.1, 0.15) is 5.82 Å². The van der Waals surface area contributed by atoms with E-state index in [2.05, 4.69) is 5.32 Å². The number of nitrogens with two attached hydrogens (primary N) is 1. The van der Waals surface area contributed by atoms with Gasteiger partial charge >= 0.3 is 0 Å². The number of aryl methyl sites for hydroxylation is 1. The van der Waals surface area contributed by atoms with Crippen molar-refractivity contribution < 1.29 is 4.39 Å². The minimum Gasteiger partial charge on any atom is -0.397 e. The molecule has 4 heteroatoms. The van der Waals surface area contributed by atoms with Crippen LogP contribution in [-0.4, -0.2) is 0 Å². The molecule has 2 nitrogen and oxygen atoms in total. The van der Waals surface area contributed by atoms with Crippen molar-refractivity contribution >= 4 is 28.7 Å². The predicted octanol–water partition coefficient (Wildman–Crippen LogP) is 4.11. The third-order valence-corrected chi connectivity index (χ3v) is 2.64. The molecule has 0 aliphatic rings. The first-order valence-electron chi connectivity index (χ1n) is 5.14. The summed E-state index contributed by atoms with van der Waals surface area (Å²) >= 11 is 5.86. The largest absolute Gasteiger partial charge is 0.397 e. The summed E-state index contributed by atoms with van der Waals surface area (Å²) in [6.45, 7) is 1.83. The third kappa shape index (κ3) is 2.68. The summed E-state index contributed by atoms with van der Waals surface area (Å²) in [5.74, 6) is -0.315. The molecule has 2 aromatic rings. The van der Waals surface area contributed by atoms with E-state index in [1.54, 1.807) is 24.3 Å². The Bertz CT molecular complexity index is 555. The molecule has 0 fully saturated rings. The third-order valence-electron chi connectivity index (χ3n) is 2.41.